The Labute approximate surface area is 121 Å². The minimum atomic E-state index is -0.280. The Bertz CT molecular complexity index is 780. The number of aromatic nitrogens is 2. The van der Waals surface area contributed by atoms with Gasteiger partial charge in [0.25, 0.3) is 5.91 Å². The number of hydrogen-bond acceptors (Lipinski definition) is 2. The van der Waals surface area contributed by atoms with Crippen molar-refractivity contribution in [1.29, 1.82) is 0 Å². The molecule has 0 aliphatic heterocycles. The average molecular weight is 283 g/mol. The first-order chi connectivity index (χ1) is 10.1. The summed E-state index contributed by atoms with van der Waals surface area (Å²) >= 11 is 0. The van der Waals surface area contributed by atoms with Gasteiger partial charge in [0, 0.05) is 19.2 Å². The van der Waals surface area contributed by atoms with Crippen LogP contribution in [-0.4, -0.2) is 27.8 Å². The Morgan fingerprint density at radius 2 is 2.00 bits per heavy atom. The van der Waals surface area contributed by atoms with Crippen LogP contribution < -0.4 is 0 Å². The van der Waals surface area contributed by atoms with E-state index < -0.39 is 0 Å². The molecule has 1 aromatic heterocycles. The van der Waals surface area contributed by atoms with Gasteiger partial charge in [0.1, 0.15) is 5.82 Å². The molecule has 3 rings (SSSR count). The van der Waals surface area contributed by atoms with E-state index in [1.807, 2.05) is 6.07 Å². The number of amides is 1. The average Bonchev–Trinajstić information content (AvgIpc) is 2.96. The number of carbonyl (C=O) groups is 1. The first-order valence-corrected chi connectivity index (χ1v) is 6.56. The first-order valence-electron chi connectivity index (χ1n) is 6.56. The standard InChI is InChI=1S/C16H14FN3O/c1-20(9-11-2-5-13(17)6-3-11)16(21)12-4-7-14-15(8-12)19-10-18-14/h2-8,10H,9H2,1H3,(H,18,19). The SMILES string of the molecule is CN(Cc1ccc(F)cc1)C(=O)c1ccc2nc[nH]c2c1. The van der Waals surface area contributed by atoms with E-state index in [4.69, 9.17) is 0 Å². The van der Waals surface area contributed by atoms with Gasteiger partial charge in [-0.25, -0.2) is 9.37 Å². The van der Waals surface area contributed by atoms with Crippen LogP contribution in [0.1, 0.15) is 15.9 Å². The van der Waals surface area contributed by atoms with Crippen molar-refractivity contribution in [2.24, 2.45) is 0 Å². The predicted octanol–water partition coefficient (Wildman–Crippen LogP) is 2.97. The Hall–Kier alpha value is -2.69. The van der Waals surface area contributed by atoms with Crippen molar-refractivity contribution >= 4 is 16.9 Å². The lowest BCUT2D eigenvalue weighted by Gasteiger charge is -2.17. The third-order valence-corrected chi connectivity index (χ3v) is 3.35. The van der Waals surface area contributed by atoms with Crippen molar-refractivity contribution in [2.75, 3.05) is 7.05 Å². The second kappa shape index (κ2) is 5.36. The van der Waals surface area contributed by atoms with E-state index in [-0.39, 0.29) is 11.7 Å². The van der Waals surface area contributed by atoms with Crippen LogP contribution in [0.15, 0.2) is 48.8 Å². The second-order valence-corrected chi connectivity index (χ2v) is 4.92. The number of hydrogen-bond donors (Lipinski definition) is 1. The van der Waals surface area contributed by atoms with Crippen molar-refractivity contribution in [1.82, 2.24) is 14.9 Å². The second-order valence-electron chi connectivity index (χ2n) is 4.92. The number of imidazole rings is 1. The molecular formula is C16H14FN3O. The molecule has 4 nitrogen and oxygen atoms in total. The molecule has 3 aromatic rings. The number of nitrogens with zero attached hydrogens (tertiary/aromatic N) is 2. The van der Waals surface area contributed by atoms with Gasteiger partial charge in [-0.2, -0.15) is 0 Å². The minimum Gasteiger partial charge on any atom is -0.345 e. The molecular weight excluding hydrogens is 269 g/mol. The molecule has 0 aliphatic rings. The van der Waals surface area contributed by atoms with Crippen molar-refractivity contribution in [3.05, 3.63) is 65.7 Å². The van der Waals surface area contributed by atoms with E-state index >= 15 is 0 Å². The third-order valence-electron chi connectivity index (χ3n) is 3.35. The summed E-state index contributed by atoms with van der Waals surface area (Å²) in [5.74, 6) is -0.367. The van der Waals surface area contributed by atoms with Crippen LogP contribution in [0.5, 0.6) is 0 Å². The number of benzene rings is 2. The molecule has 1 heterocycles. The Morgan fingerprint density at radius 3 is 2.76 bits per heavy atom. The maximum atomic E-state index is 12.9. The topological polar surface area (TPSA) is 49.0 Å². The van der Waals surface area contributed by atoms with Crippen LogP contribution in [0.25, 0.3) is 11.0 Å². The largest absolute Gasteiger partial charge is 0.345 e. The zero-order valence-corrected chi connectivity index (χ0v) is 11.5. The molecule has 0 spiro atoms. The maximum Gasteiger partial charge on any atom is 0.253 e. The fourth-order valence-electron chi connectivity index (χ4n) is 2.22. The fourth-order valence-corrected chi connectivity index (χ4v) is 2.22. The summed E-state index contributed by atoms with van der Waals surface area (Å²) in [6, 6.07) is 11.5. The van der Waals surface area contributed by atoms with E-state index in [1.165, 1.54) is 12.1 Å². The lowest BCUT2D eigenvalue weighted by atomic mass is 10.1. The van der Waals surface area contributed by atoms with Crippen LogP contribution in [0, 0.1) is 5.82 Å². The number of fused-ring (bicyclic) bond motifs is 1. The highest BCUT2D eigenvalue weighted by atomic mass is 19.1. The lowest BCUT2D eigenvalue weighted by molar-refractivity contribution is 0.0785. The van der Waals surface area contributed by atoms with Gasteiger partial charge < -0.3 is 9.88 Å². The van der Waals surface area contributed by atoms with Gasteiger partial charge >= 0.3 is 0 Å². The van der Waals surface area contributed by atoms with E-state index in [0.29, 0.717) is 12.1 Å². The van der Waals surface area contributed by atoms with Crippen molar-refractivity contribution < 1.29 is 9.18 Å². The van der Waals surface area contributed by atoms with Gasteiger partial charge in [0.2, 0.25) is 0 Å². The van der Waals surface area contributed by atoms with Gasteiger partial charge in [0.15, 0.2) is 0 Å². The van der Waals surface area contributed by atoms with E-state index in [1.54, 1.807) is 42.5 Å². The Kier molecular flexibility index (Phi) is 3.39. The molecule has 0 radical (unpaired) electrons. The number of halogens is 1. The monoisotopic (exact) mass is 283 g/mol. The molecule has 0 bridgehead atoms. The molecule has 5 heteroatoms. The Balaban J connectivity index is 1.78. The zero-order valence-electron chi connectivity index (χ0n) is 11.5. The molecule has 1 amide bonds. The van der Waals surface area contributed by atoms with Gasteiger partial charge in [-0.3, -0.25) is 4.79 Å². The maximum absolute atomic E-state index is 12.9. The first kappa shape index (κ1) is 13.3. The minimum absolute atomic E-state index is 0.0872. The number of carbonyl (C=O) groups excluding carboxylic acids is 1. The summed E-state index contributed by atoms with van der Waals surface area (Å²) < 4.78 is 12.9. The quantitative estimate of drug-likeness (QED) is 0.803. The number of aromatic amines is 1. The molecule has 0 fully saturated rings. The van der Waals surface area contributed by atoms with E-state index in [2.05, 4.69) is 9.97 Å². The summed E-state index contributed by atoms with van der Waals surface area (Å²) in [6.45, 7) is 0.431. The van der Waals surface area contributed by atoms with E-state index in [0.717, 1.165) is 16.6 Å². The number of rotatable bonds is 3. The fraction of sp³-hybridized carbons (Fsp3) is 0.125. The van der Waals surface area contributed by atoms with Crippen LogP contribution in [0.4, 0.5) is 4.39 Å². The summed E-state index contributed by atoms with van der Waals surface area (Å²) in [5.41, 5.74) is 3.13. The zero-order chi connectivity index (χ0) is 14.8. The van der Waals surface area contributed by atoms with Crippen molar-refractivity contribution in [3.63, 3.8) is 0 Å². The van der Waals surface area contributed by atoms with Crippen LogP contribution in [-0.2, 0) is 6.54 Å². The molecule has 0 aliphatic carbocycles. The van der Waals surface area contributed by atoms with Gasteiger partial charge in [-0.15, -0.1) is 0 Å². The van der Waals surface area contributed by atoms with Crippen molar-refractivity contribution in [3.8, 4) is 0 Å². The van der Waals surface area contributed by atoms with Gasteiger partial charge in [-0.05, 0) is 35.9 Å². The molecule has 0 saturated heterocycles. The highest BCUT2D eigenvalue weighted by molar-refractivity contribution is 5.97. The molecule has 0 atom stereocenters. The molecule has 0 unspecified atom stereocenters. The summed E-state index contributed by atoms with van der Waals surface area (Å²) in [5, 5.41) is 0. The van der Waals surface area contributed by atoms with Crippen molar-refractivity contribution in [2.45, 2.75) is 6.54 Å². The van der Waals surface area contributed by atoms with Gasteiger partial charge in [-0.1, -0.05) is 12.1 Å². The summed E-state index contributed by atoms with van der Waals surface area (Å²) in [4.78, 5) is 21.1. The molecule has 2 aromatic carbocycles. The molecule has 21 heavy (non-hydrogen) atoms. The normalized spacial score (nSPS) is 10.8. The lowest BCUT2D eigenvalue weighted by Crippen LogP contribution is -2.26. The summed E-state index contributed by atoms with van der Waals surface area (Å²) in [6.07, 6.45) is 1.60. The summed E-state index contributed by atoms with van der Waals surface area (Å²) in [7, 11) is 1.73. The third kappa shape index (κ3) is 2.76. The number of H-pyrrole nitrogens is 1. The van der Waals surface area contributed by atoms with Crippen LogP contribution >= 0.6 is 0 Å². The van der Waals surface area contributed by atoms with E-state index in [9.17, 15) is 9.18 Å². The smallest absolute Gasteiger partial charge is 0.253 e. The highest BCUT2D eigenvalue weighted by Crippen LogP contribution is 2.14. The molecule has 1 N–H and O–H groups in total. The Morgan fingerprint density at radius 1 is 1.24 bits per heavy atom. The van der Waals surface area contributed by atoms with Gasteiger partial charge in [0.05, 0.1) is 17.4 Å². The molecule has 106 valence electrons. The predicted molar refractivity (Wildman–Crippen MR) is 78.3 cm³/mol. The number of nitrogens with one attached hydrogen (secondary N) is 1. The molecule has 0 saturated carbocycles. The highest BCUT2D eigenvalue weighted by Gasteiger charge is 2.13. The van der Waals surface area contributed by atoms with Crippen LogP contribution in [0.2, 0.25) is 0 Å². The van der Waals surface area contributed by atoms with Crippen LogP contribution in [0.3, 0.4) is 0 Å².